The molecule has 1 aliphatic heterocycles. The van der Waals surface area contributed by atoms with Crippen molar-refractivity contribution >= 4 is 0 Å². The summed E-state index contributed by atoms with van der Waals surface area (Å²) in [4.78, 5) is 2.27. The lowest BCUT2D eigenvalue weighted by Gasteiger charge is -2.47. The predicted molar refractivity (Wildman–Crippen MR) is 66.4 cm³/mol. The Morgan fingerprint density at radius 1 is 1.25 bits per heavy atom. The van der Waals surface area contributed by atoms with Gasteiger partial charge in [-0.3, -0.25) is 4.90 Å². The topological polar surface area (TPSA) is 12.5 Å². The summed E-state index contributed by atoms with van der Waals surface area (Å²) >= 11 is 0. The third kappa shape index (κ3) is 2.00. The molecule has 1 aliphatic rings. The third-order valence-electron chi connectivity index (χ3n) is 3.73. The summed E-state index contributed by atoms with van der Waals surface area (Å²) in [5.41, 5.74) is 1.28. The minimum atomic E-state index is -0.0900. The molecular formula is C14H21NO. The fourth-order valence-corrected chi connectivity index (χ4v) is 2.65. The molecule has 1 aromatic carbocycles. The van der Waals surface area contributed by atoms with Crippen molar-refractivity contribution in [1.82, 2.24) is 4.90 Å². The molecule has 2 rings (SSSR count). The maximum absolute atomic E-state index is 5.94. The van der Waals surface area contributed by atoms with Crippen molar-refractivity contribution in [1.29, 1.82) is 0 Å². The van der Waals surface area contributed by atoms with Gasteiger partial charge < -0.3 is 4.74 Å². The van der Waals surface area contributed by atoms with E-state index in [4.69, 9.17) is 4.74 Å². The molecule has 0 aromatic heterocycles. The molecule has 2 heteroatoms. The van der Waals surface area contributed by atoms with Crippen molar-refractivity contribution in [2.45, 2.75) is 38.3 Å². The van der Waals surface area contributed by atoms with Gasteiger partial charge in [0.25, 0.3) is 0 Å². The molecule has 0 unspecified atom stereocenters. The van der Waals surface area contributed by atoms with Crippen LogP contribution in [0, 0.1) is 0 Å². The Hall–Kier alpha value is -0.860. The average Bonchev–Trinajstić information content (AvgIpc) is 2.26. The zero-order valence-electron chi connectivity index (χ0n) is 10.6. The van der Waals surface area contributed by atoms with Gasteiger partial charge in [-0.05, 0) is 33.4 Å². The monoisotopic (exact) mass is 219 g/mol. The van der Waals surface area contributed by atoms with Gasteiger partial charge in [-0.25, -0.2) is 0 Å². The van der Waals surface area contributed by atoms with Crippen LogP contribution in [0.1, 0.15) is 32.3 Å². The molecular weight excluding hydrogens is 198 g/mol. The highest BCUT2D eigenvalue weighted by atomic mass is 16.5. The largest absolute Gasteiger partial charge is 0.360 e. The smallest absolute Gasteiger partial charge is 0.0997 e. The summed E-state index contributed by atoms with van der Waals surface area (Å²) in [6.45, 7) is 7.38. The lowest BCUT2D eigenvalue weighted by molar-refractivity contribution is -0.146. The summed E-state index contributed by atoms with van der Waals surface area (Å²) in [6.07, 6.45) is 0. The lowest BCUT2D eigenvalue weighted by atomic mass is 9.78. The highest BCUT2D eigenvalue weighted by molar-refractivity contribution is 5.25. The average molecular weight is 219 g/mol. The number of hydrogen-bond donors (Lipinski definition) is 0. The molecule has 1 heterocycles. The Morgan fingerprint density at radius 3 is 2.50 bits per heavy atom. The van der Waals surface area contributed by atoms with Gasteiger partial charge in [0.1, 0.15) is 0 Å². The highest BCUT2D eigenvalue weighted by Crippen LogP contribution is 2.39. The molecule has 0 amide bonds. The number of ether oxygens (including phenoxy) is 1. The van der Waals surface area contributed by atoms with E-state index in [9.17, 15) is 0 Å². The first-order valence-corrected chi connectivity index (χ1v) is 5.91. The van der Waals surface area contributed by atoms with E-state index < -0.39 is 0 Å². The van der Waals surface area contributed by atoms with E-state index in [1.54, 1.807) is 0 Å². The lowest BCUT2D eigenvalue weighted by Crippen LogP contribution is -2.52. The van der Waals surface area contributed by atoms with Gasteiger partial charge in [0.15, 0.2) is 0 Å². The third-order valence-corrected chi connectivity index (χ3v) is 3.73. The van der Waals surface area contributed by atoms with Gasteiger partial charge in [-0.1, -0.05) is 30.3 Å². The van der Waals surface area contributed by atoms with Crippen LogP contribution in [0.15, 0.2) is 30.3 Å². The molecule has 1 saturated heterocycles. The van der Waals surface area contributed by atoms with Crippen molar-refractivity contribution in [2.24, 2.45) is 0 Å². The first-order valence-electron chi connectivity index (χ1n) is 5.91. The zero-order valence-corrected chi connectivity index (χ0v) is 10.6. The number of hydrogen-bond acceptors (Lipinski definition) is 2. The van der Waals surface area contributed by atoms with Gasteiger partial charge >= 0.3 is 0 Å². The first-order chi connectivity index (χ1) is 7.52. The fraction of sp³-hybridized carbons (Fsp3) is 0.571. The molecule has 0 aliphatic carbocycles. The van der Waals surface area contributed by atoms with E-state index in [0.717, 1.165) is 6.73 Å². The van der Waals surface area contributed by atoms with Crippen LogP contribution < -0.4 is 0 Å². The zero-order chi connectivity index (χ0) is 11.8. The summed E-state index contributed by atoms with van der Waals surface area (Å²) in [6, 6.07) is 11.2. The van der Waals surface area contributed by atoms with Crippen molar-refractivity contribution in [2.75, 3.05) is 13.8 Å². The minimum absolute atomic E-state index is 0.0900. The van der Waals surface area contributed by atoms with Crippen LogP contribution in [-0.4, -0.2) is 30.3 Å². The van der Waals surface area contributed by atoms with Gasteiger partial charge in [0.05, 0.1) is 12.3 Å². The van der Waals surface area contributed by atoms with E-state index >= 15 is 0 Å². The van der Waals surface area contributed by atoms with E-state index in [0.29, 0.717) is 12.0 Å². The van der Waals surface area contributed by atoms with Crippen LogP contribution in [0.3, 0.4) is 0 Å². The summed E-state index contributed by atoms with van der Waals surface area (Å²) in [5.74, 6) is 0.424. The molecule has 1 fully saturated rings. The number of rotatable bonds is 1. The summed E-state index contributed by atoms with van der Waals surface area (Å²) < 4.78 is 5.94. The molecule has 16 heavy (non-hydrogen) atoms. The maximum atomic E-state index is 5.94. The number of likely N-dealkylation sites (N-methyl/N-ethyl adjacent to an activating group) is 1. The predicted octanol–water partition coefficient (Wildman–Crippen LogP) is 2.86. The molecule has 1 aromatic rings. The van der Waals surface area contributed by atoms with Gasteiger partial charge in [-0.2, -0.15) is 0 Å². The van der Waals surface area contributed by atoms with Gasteiger partial charge in [0.2, 0.25) is 0 Å². The normalized spacial score (nSPS) is 30.2. The second kappa shape index (κ2) is 4.19. The first kappa shape index (κ1) is 11.6. The fourth-order valence-electron chi connectivity index (χ4n) is 2.65. The van der Waals surface area contributed by atoms with Gasteiger partial charge in [0, 0.05) is 12.0 Å². The summed E-state index contributed by atoms with van der Waals surface area (Å²) in [7, 11) is 2.12. The number of benzene rings is 1. The SMILES string of the molecule is C[C@H]1[C@H](c2ccccc2)C(C)(C)OCN1C. The van der Waals surface area contributed by atoms with E-state index in [-0.39, 0.29) is 5.60 Å². The maximum Gasteiger partial charge on any atom is 0.0997 e. The standard InChI is InChI=1S/C14H21NO/c1-11-13(12-8-6-5-7-9-12)14(2,3)16-10-15(11)4/h5-9,11,13H,10H2,1-4H3/t11-,13+/m0/s1. The Bertz CT molecular complexity index is 347. The van der Waals surface area contributed by atoms with Gasteiger partial charge in [-0.15, -0.1) is 0 Å². The molecule has 0 spiro atoms. The van der Waals surface area contributed by atoms with Crippen molar-refractivity contribution in [3.05, 3.63) is 35.9 Å². The molecule has 88 valence electrons. The van der Waals surface area contributed by atoms with Crippen LogP contribution >= 0.6 is 0 Å². The molecule has 2 nitrogen and oxygen atoms in total. The highest BCUT2D eigenvalue weighted by Gasteiger charge is 2.41. The minimum Gasteiger partial charge on any atom is -0.360 e. The van der Waals surface area contributed by atoms with Crippen LogP contribution in [0.4, 0.5) is 0 Å². The Balaban J connectivity index is 2.35. The van der Waals surface area contributed by atoms with Crippen molar-refractivity contribution in [3.8, 4) is 0 Å². The molecule has 0 radical (unpaired) electrons. The van der Waals surface area contributed by atoms with E-state index in [1.807, 2.05) is 0 Å². The van der Waals surface area contributed by atoms with Crippen molar-refractivity contribution < 1.29 is 4.74 Å². The van der Waals surface area contributed by atoms with Crippen LogP contribution in [0.5, 0.6) is 0 Å². The Labute approximate surface area is 98.2 Å². The van der Waals surface area contributed by atoms with Crippen LogP contribution in [-0.2, 0) is 4.74 Å². The second-order valence-corrected chi connectivity index (χ2v) is 5.26. The molecule has 2 atom stereocenters. The quantitative estimate of drug-likeness (QED) is 0.720. The molecule has 0 bridgehead atoms. The molecule has 0 saturated carbocycles. The Morgan fingerprint density at radius 2 is 1.88 bits per heavy atom. The Kier molecular flexibility index (Phi) is 3.04. The van der Waals surface area contributed by atoms with Crippen molar-refractivity contribution in [3.63, 3.8) is 0 Å². The van der Waals surface area contributed by atoms with Crippen LogP contribution in [0.2, 0.25) is 0 Å². The second-order valence-electron chi connectivity index (χ2n) is 5.26. The van der Waals surface area contributed by atoms with E-state index in [2.05, 4.69) is 63.1 Å². The molecule has 0 N–H and O–H groups in total. The van der Waals surface area contributed by atoms with E-state index in [1.165, 1.54) is 5.56 Å². The van der Waals surface area contributed by atoms with Crippen LogP contribution in [0.25, 0.3) is 0 Å². The summed E-state index contributed by atoms with van der Waals surface area (Å²) in [5, 5.41) is 0. The number of nitrogens with zero attached hydrogens (tertiary/aromatic N) is 1.